The van der Waals surface area contributed by atoms with Gasteiger partial charge in [-0.25, -0.2) is 9.97 Å². The minimum atomic E-state index is 0.111. The Hall–Kier alpha value is -1.10. The van der Waals surface area contributed by atoms with E-state index < -0.39 is 0 Å². The van der Waals surface area contributed by atoms with Crippen LogP contribution >= 0.6 is 11.8 Å². The van der Waals surface area contributed by atoms with E-state index in [1.807, 2.05) is 11.2 Å². The minimum absolute atomic E-state index is 0.111. The van der Waals surface area contributed by atoms with Gasteiger partial charge in [-0.2, -0.15) is 0 Å². The van der Waals surface area contributed by atoms with Crippen molar-refractivity contribution < 1.29 is 4.79 Å². The van der Waals surface area contributed by atoms with Crippen LogP contribution < -0.4 is 0 Å². The summed E-state index contributed by atoms with van der Waals surface area (Å²) in [5, 5.41) is 0.749. The number of fused-ring (bicyclic) bond motifs is 1. The van der Waals surface area contributed by atoms with E-state index >= 15 is 0 Å². The monoisotopic (exact) mass is 221 g/mol. The third-order valence-corrected chi connectivity index (χ3v) is 3.39. The van der Waals surface area contributed by atoms with Gasteiger partial charge >= 0.3 is 0 Å². The van der Waals surface area contributed by atoms with E-state index in [0.717, 1.165) is 23.7 Å². The standard InChI is InChI=1S/C10H11N3OS/c1-15-10-11-4-7-8(12-10)5-13(9(7)14)6-2-3-6/h4,6H,2-3,5H2,1H3. The van der Waals surface area contributed by atoms with Gasteiger partial charge in [-0.1, -0.05) is 11.8 Å². The maximum absolute atomic E-state index is 11.9. The SMILES string of the molecule is CSc1ncc2c(n1)CN(C1CC1)C2=O. The van der Waals surface area contributed by atoms with Crippen LogP contribution in [0.5, 0.6) is 0 Å². The number of aromatic nitrogens is 2. The number of carbonyl (C=O) groups is 1. The quantitative estimate of drug-likeness (QED) is 0.558. The molecule has 0 bridgehead atoms. The number of rotatable bonds is 2. The van der Waals surface area contributed by atoms with Crippen LogP contribution in [0.2, 0.25) is 0 Å². The van der Waals surface area contributed by atoms with Crippen LogP contribution in [0, 0.1) is 0 Å². The third-order valence-electron chi connectivity index (χ3n) is 2.83. The molecule has 0 unspecified atom stereocenters. The molecule has 0 aromatic carbocycles. The lowest BCUT2D eigenvalue weighted by Crippen LogP contribution is -2.25. The molecule has 0 atom stereocenters. The molecule has 1 amide bonds. The Morgan fingerprint density at radius 1 is 1.53 bits per heavy atom. The van der Waals surface area contributed by atoms with Gasteiger partial charge in [-0.15, -0.1) is 0 Å². The molecular weight excluding hydrogens is 210 g/mol. The maximum Gasteiger partial charge on any atom is 0.257 e. The van der Waals surface area contributed by atoms with Crippen LogP contribution in [0.25, 0.3) is 0 Å². The van der Waals surface area contributed by atoms with Crippen LogP contribution in [0.4, 0.5) is 0 Å². The van der Waals surface area contributed by atoms with Crippen molar-refractivity contribution in [1.82, 2.24) is 14.9 Å². The molecule has 0 spiro atoms. The summed E-state index contributed by atoms with van der Waals surface area (Å²) in [7, 11) is 0. The third kappa shape index (κ3) is 1.42. The second kappa shape index (κ2) is 3.20. The zero-order valence-electron chi connectivity index (χ0n) is 8.43. The van der Waals surface area contributed by atoms with Crippen LogP contribution in [0.1, 0.15) is 28.9 Å². The summed E-state index contributed by atoms with van der Waals surface area (Å²) >= 11 is 1.51. The first-order valence-electron chi connectivity index (χ1n) is 5.00. The summed E-state index contributed by atoms with van der Waals surface area (Å²) in [6.45, 7) is 0.676. The van der Waals surface area contributed by atoms with E-state index in [4.69, 9.17) is 0 Å². The van der Waals surface area contributed by atoms with E-state index in [9.17, 15) is 4.79 Å². The summed E-state index contributed by atoms with van der Waals surface area (Å²) in [4.78, 5) is 22.3. The fourth-order valence-corrected chi connectivity index (χ4v) is 2.22. The molecule has 1 fully saturated rings. The highest BCUT2D eigenvalue weighted by atomic mass is 32.2. The highest BCUT2D eigenvalue weighted by Gasteiger charge is 2.39. The summed E-state index contributed by atoms with van der Waals surface area (Å²) < 4.78 is 0. The van der Waals surface area contributed by atoms with Crippen molar-refractivity contribution in [3.05, 3.63) is 17.5 Å². The average molecular weight is 221 g/mol. The zero-order valence-corrected chi connectivity index (χ0v) is 9.25. The van der Waals surface area contributed by atoms with Crippen molar-refractivity contribution in [2.24, 2.45) is 0 Å². The second-order valence-electron chi connectivity index (χ2n) is 3.88. The maximum atomic E-state index is 11.9. The number of thioether (sulfide) groups is 1. The van der Waals surface area contributed by atoms with E-state index in [2.05, 4.69) is 9.97 Å². The average Bonchev–Trinajstić information content (AvgIpc) is 3.04. The molecule has 15 heavy (non-hydrogen) atoms. The van der Waals surface area contributed by atoms with Crippen LogP contribution in [-0.4, -0.2) is 33.1 Å². The number of hydrogen-bond donors (Lipinski definition) is 0. The van der Waals surface area contributed by atoms with Crippen LogP contribution in [0.3, 0.4) is 0 Å². The highest BCUT2D eigenvalue weighted by molar-refractivity contribution is 7.98. The Morgan fingerprint density at radius 2 is 2.33 bits per heavy atom. The van der Waals surface area contributed by atoms with Gasteiger partial charge in [0.25, 0.3) is 5.91 Å². The van der Waals surface area contributed by atoms with E-state index in [1.165, 1.54) is 11.8 Å². The molecule has 0 saturated heterocycles. The molecule has 5 heteroatoms. The van der Waals surface area contributed by atoms with E-state index in [1.54, 1.807) is 6.20 Å². The van der Waals surface area contributed by atoms with Crippen molar-refractivity contribution in [3.8, 4) is 0 Å². The molecule has 1 aliphatic heterocycles. The Labute approximate surface area is 92.1 Å². The minimum Gasteiger partial charge on any atom is -0.330 e. The van der Waals surface area contributed by atoms with Gasteiger partial charge in [0, 0.05) is 12.2 Å². The molecule has 0 radical (unpaired) electrons. The fraction of sp³-hybridized carbons (Fsp3) is 0.500. The fourth-order valence-electron chi connectivity index (χ4n) is 1.87. The Balaban J connectivity index is 1.96. The summed E-state index contributed by atoms with van der Waals surface area (Å²) in [6, 6.07) is 0.462. The Morgan fingerprint density at radius 3 is 3.00 bits per heavy atom. The molecule has 1 aliphatic carbocycles. The van der Waals surface area contributed by atoms with Crippen LogP contribution in [0.15, 0.2) is 11.4 Å². The van der Waals surface area contributed by atoms with Gasteiger partial charge in [-0.3, -0.25) is 4.79 Å². The van der Waals surface area contributed by atoms with Gasteiger partial charge in [0.15, 0.2) is 5.16 Å². The molecule has 1 aromatic rings. The predicted octanol–water partition coefficient (Wildman–Crippen LogP) is 1.32. The first-order valence-corrected chi connectivity index (χ1v) is 6.23. The summed E-state index contributed by atoms with van der Waals surface area (Å²) in [6.07, 6.45) is 5.89. The first kappa shape index (κ1) is 9.15. The molecule has 78 valence electrons. The number of carbonyl (C=O) groups excluding carboxylic acids is 1. The second-order valence-corrected chi connectivity index (χ2v) is 4.65. The molecule has 0 N–H and O–H groups in total. The van der Waals surface area contributed by atoms with Crippen molar-refractivity contribution in [2.75, 3.05) is 6.26 Å². The molecular formula is C10H11N3OS. The Kier molecular flexibility index (Phi) is 1.95. The summed E-state index contributed by atoms with van der Waals surface area (Å²) in [5.74, 6) is 0.111. The molecule has 4 nitrogen and oxygen atoms in total. The van der Waals surface area contributed by atoms with Crippen molar-refractivity contribution in [2.45, 2.75) is 30.6 Å². The largest absolute Gasteiger partial charge is 0.330 e. The Bertz CT molecular complexity index is 431. The number of hydrogen-bond acceptors (Lipinski definition) is 4. The lowest BCUT2D eigenvalue weighted by atomic mass is 10.3. The van der Waals surface area contributed by atoms with Gasteiger partial charge < -0.3 is 4.90 Å². The first-order chi connectivity index (χ1) is 7.29. The van der Waals surface area contributed by atoms with Crippen molar-refractivity contribution in [3.63, 3.8) is 0 Å². The molecule has 1 aromatic heterocycles. The van der Waals surface area contributed by atoms with Gasteiger partial charge in [0.05, 0.1) is 17.8 Å². The summed E-state index contributed by atoms with van der Waals surface area (Å²) in [5.41, 5.74) is 1.59. The highest BCUT2D eigenvalue weighted by Crippen LogP contribution is 2.33. The predicted molar refractivity (Wildman–Crippen MR) is 56.7 cm³/mol. The van der Waals surface area contributed by atoms with Gasteiger partial charge in [0.2, 0.25) is 0 Å². The van der Waals surface area contributed by atoms with E-state index in [0.29, 0.717) is 18.2 Å². The number of nitrogens with zero attached hydrogens (tertiary/aromatic N) is 3. The molecule has 2 heterocycles. The number of amides is 1. The molecule has 3 rings (SSSR count). The zero-order chi connectivity index (χ0) is 10.4. The smallest absolute Gasteiger partial charge is 0.257 e. The van der Waals surface area contributed by atoms with Gasteiger partial charge in [-0.05, 0) is 19.1 Å². The van der Waals surface area contributed by atoms with Crippen LogP contribution in [-0.2, 0) is 6.54 Å². The lowest BCUT2D eigenvalue weighted by Gasteiger charge is -2.12. The normalized spacial score (nSPS) is 19.5. The van der Waals surface area contributed by atoms with E-state index in [-0.39, 0.29) is 5.91 Å². The molecule has 1 saturated carbocycles. The van der Waals surface area contributed by atoms with Crippen molar-refractivity contribution in [1.29, 1.82) is 0 Å². The lowest BCUT2D eigenvalue weighted by molar-refractivity contribution is 0.0766. The topological polar surface area (TPSA) is 46.1 Å². The van der Waals surface area contributed by atoms with Crippen molar-refractivity contribution >= 4 is 17.7 Å². The van der Waals surface area contributed by atoms with Gasteiger partial charge in [0.1, 0.15) is 0 Å². The molecule has 2 aliphatic rings.